The topological polar surface area (TPSA) is 119 Å². The van der Waals surface area contributed by atoms with Crippen molar-refractivity contribution >= 4 is 31.6 Å². The van der Waals surface area contributed by atoms with Crippen molar-refractivity contribution in [2.75, 3.05) is 30.8 Å². The summed E-state index contributed by atoms with van der Waals surface area (Å²) < 4.78 is 63.2. The molecule has 1 aliphatic rings. The van der Waals surface area contributed by atoms with Crippen LogP contribution in [0.2, 0.25) is 0 Å². The molecule has 1 fully saturated rings. The number of amides is 1. The van der Waals surface area contributed by atoms with Gasteiger partial charge in [0.25, 0.3) is 0 Å². The zero-order chi connectivity index (χ0) is 22.8. The predicted octanol–water partition coefficient (Wildman–Crippen LogP) is 1.54. The van der Waals surface area contributed by atoms with Gasteiger partial charge < -0.3 is 9.47 Å². The van der Waals surface area contributed by atoms with Gasteiger partial charge in [-0.1, -0.05) is 13.0 Å². The maximum absolute atomic E-state index is 12.6. The van der Waals surface area contributed by atoms with E-state index in [9.17, 15) is 21.6 Å². The third kappa shape index (κ3) is 4.83. The molecule has 0 bridgehead atoms. The molecule has 0 unspecified atom stereocenters. The zero-order valence-corrected chi connectivity index (χ0v) is 19.0. The highest BCUT2D eigenvalue weighted by molar-refractivity contribution is 7.94. The largest absolute Gasteiger partial charge is 0.493 e. The molecule has 11 heteroatoms. The third-order valence-electron chi connectivity index (χ3n) is 4.90. The molecule has 1 aliphatic heterocycles. The smallest absolute Gasteiger partial charge is 0.244 e. The van der Waals surface area contributed by atoms with Crippen LogP contribution in [0.5, 0.6) is 11.5 Å². The average Bonchev–Trinajstić information content (AvgIpc) is 2.94. The van der Waals surface area contributed by atoms with E-state index in [0.717, 1.165) is 9.87 Å². The van der Waals surface area contributed by atoms with E-state index in [-0.39, 0.29) is 22.9 Å². The lowest BCUT2D eigenvalue weighted by Gasteiger charge is -2.16. The molecule has 1 N–H and O–H groups in total. The number of carbonyl (C=O) groups is 1. The summed E-state index contributed by atoms with van der Waals surface area (Å²) in [7, 11) is -4.50. The second-order valence-corrected chi connectivity index (χ2v) is 10.7. The van der Waals surface area contributed by atoms with Gasteiger partial charge in [-0.05, 0) is 48.4 Å². The molecule has 31 heavy (non-hydrogen) atoms. The van der Waals surface area contributed by atoms with Crippen LogP contribution in [0, 0.1) is 5.92 Å². The first kappa shape index (κ1) is 23.0. The predicted molar refractivity (Wildman–Crippen MR) is 115 cm³/mol. The monoisotopic (exact) mass is 468 g/mol. The third-order valence-corrected chi connectivity index (χ3v) is 8.24. The Hall–Kier alpha value is -2.63. The van der Waals surface area contributed by atoms with Gasteiger partial charge in [-0.2, -0.15) is 0 Å². The molecule has 0 spiro atoms. The first-order chi connectivity index (χ1) is 14.6. The highest BCUT2D eigenvalue weighted by atomic mass is 32.2. The normalized spacial score (nSPS) is 18.2. The number of hydrogen-bond donors (Lipinski definition) is 1. The Bertz CT molecular complexity index is 1180. The molecule has 168 valence electrons. The number of nitrogens with zero attached hydrogens (tertiary/aromatic N) is 1. The first-order valence-electron chi connectivity index (χ1n) is 9.46. The molecule has 0 aromatic heterocycles. The number of methoxy groups -OCH3 is 2. The Kier molecular flexibility index (Phi) is 6.58. The average molecular weight is 469 g/mol. The van der Waals surface area contributed by atoms with E-state index < -0.39 is 31.9 Å². The molecule has 0 aliphatic carbocycles. The summed E-state index contributed by atoms with van der Waals surface area (Å²) in [5.74, 6) is -0.280. The van der Waals surface area contributed by atoms with E-state index in [2.05, 4.69) is 4.72 Å². The Morgan fingerprint density at radius 2 is 1.71 bits per heavy atom. The highest BCUT2D eigenvalue weighted by Gasteiger charge is 2.41. The number of rotatable bonds is 8. The van der Waals surface area contributed by atoms with E-state index in [1.807, 2.05) is 6.07 Å². The van der Waals surface area contributed by atoms with Crippen LogP contribution in [-0.4, -0.2) is 49.3 Å². The second-order valence-electron chi connectivity index (χ2n) is 7.11. The van der Waals surface area contributed by atoms with Gasteiger partial charge in [-0.15, -0.1) is 0 Å². The number of benzene rings is 2. The lowest BCUT2D eigenvalue weighted by Crippen LogP contribution is -2.30. The summed E-state index contributed by atoms with van der Waals surface area (Å²) in [6.07, 6.45) is 0.427. The lowest BCUT2D eigenvalue weighted by molar-refractivity contribution is -0.119. The van der Waals surface area contributed by atoms with E-state index in [0.29, 0.717) is 17.9 Å². The van der Waals surface area contributed by atoms with Gasteiger partial charge >= 0.3 is 0 Å². The molecule has 1 heterocycles. The van der Waals surface area contributed by atoms with Crippen molar-refractivity contribution in [2.45, 2.75) is 18.2 Å². The number of sulfonamides is 2. The van der Waals surface area contributed by atoms with Crippen LogP contribution < -0.4 is 18.5 Å². The SMILES string of the molecule is COc1ccc(CCNS(=O)(=O)c2ccc(N3C(=O)[C@@H](C)CS3(=O)=O)cc2)cc1OC. The minimum Gasteiger partial charge on any atom is -0.493 e. The number of hydrogen-bond acceptors (Lipinski definition) is 7. The van der Waals surface area contributed by atoms with Gasteiger partial charge in [0.2, 0.25) is 26.0 Å². The summed E-state index contributed by atoms with van der Waals surface area (Å²) in [6.45, 7) is 1.69. The van der Waals surface area contributed by atoms with E-state index in [4.69, 9.17) is 9.47 Å². The van der Waals surface area contributed by atoms with Gasteiger partial charge in [-0.3, -0.25) is 4.79 Å². The number of nitrogens with one attached hydrogen (secondary N) is 1. The van der Waals surface area contributed by atoms with Gasteiger partial charge in [0, 0.05) is 6.54 Å². The van der Waals surface area contributed by atoms with Crippen LogP contribution in [0.1, 0.15) is 12.5 Å². The van der Waals surface area contributed by atoms with Gasteiger partial charge in [-0.25, -0.2) is 25.9 Å². The highest BCUT2D eigenvalue weighted by Crippen LogP contribution is 2.29. The molecule has 9 nitrogen and oxygen atoms in total. The maximum atomic E-state index is 12.6. The van der Waals surface area contributed by atoms with E-state index >= 15 is 0 Å². The molecule has 1 atom stereocenters. The van der Waals surface area contributed by atoms with Gasteiger partial charge in [0.1, 0.15) is 0 Å². The zero-order valence-electron chi connectivity index (χ0n) is 17.4. The van der Waals surface area contributed by atoms with E-state index in [1.165, 1.54) is 38.5 Å². The van der Waals surface area contributed by atoms with Crippen molar-refractivity contribution in [1.29, 1.82) is 0 Å². The second kappa shape index (κ2) is 8.85. The van der Waals surface area contributed by atoms with Crippen molar-refractivity contribution in [2.24, 2.45) is 5.92 Å². The van der Waals surface area contributed by atoms with Crippen LogP contribution >= 0.6 is 0 Å². The van der Waals surface area contributed by atoms with Gasteiger partial charge in [0.05, 0.1) is 36.5 Å². The van der Waals surface area contributed by atoms with Crippen molar-refractivity contribution < 1.29 is 31.1 Å². The van der Waals surface area contributed by atoms with Crippen molar-refractivity contribution in [3.05, 3.63) is 48.0 Å². The fraction of sp³-hybridized carbons (Fsp3) is 0.350. The molecule has 0 saturated carbocycles. The van der Waals surface area contributed by atoms with Gasteiger partial charge in [0.15, 0.2) is 11.5 Å². The summed E-state index contributed by atoms with van der Waals surface area (Å²) in [5.41, 5.74) is 0.987. The lowest BCUT2D eigenvalue weighted by atomic mass is 10.1. The van der Waals surface area contributed by atoms with Crippen molar-refractivity contribution in [3.8, 4) is 11.5 Å². The Labute approximate surface area is 182 Å². The Balaban J connectivity index is 1.68. The molecule has 3 rings (SSSR count). The molecule has 1 saturated heterocycles. The van der Waals surface area contributed by atoms with E-state index in [1.54, 1.807) is 19.1 Å². The molecule has 2 aromatic carbocycles. The maximum Gasteiger partial charge on any atom is 0.244 e. The minimum atomic E-state index is -3.81. The molecule has 0 radical (unpaired) electrons. The van der Waals surface area contributed by atoms with Crippen LogP contribution in [0.4, 0.5) is 5.69 Å². The van der Waals surface area contributed by atoms with Crippen LogP contribution in [-0.2, 0) is 31.3 Å². The fourth-order valence-electron chi connectivity index (χ4n) is 3.30. The fourth-order valence-corrected chi connectivity index (χ4v) is 6.15. The first-order valence-corrected chi connectivity index (χ1v) is 12.6. The quantitative estimate of drug-likeness (QED) is 0.624. The van der Waals surface area contributed by atoms with Crippen molar-refractivity contribution in [1.82, 2.24) is 4.72 Å². The Morgan fingerprint density at radius 1 is 1.06 bits per heavy atom. The molecular formula is C20H24N2O7S2. The Morgan fingerprint density at radius 3 is 2.26 bits per heavy atom. The van der Waals surface area contributed by atoms with Crippen molar-refractivity contribution in [3.63, 3.8) is 0 Å². The standard InChI is InChI=1S/C20H24N2O7S2/c1-14-13-30(24,25)22(20(14)23)16-5-7-17(8-6-16)31(26,27)21-11-10-15-4-9-18(28-2)19(12-15)29-3/h4-9,12,14,21H,10-11,13H2,1-3H3/t14-/m0/s1. The van der Waals surface area contributed by atoms with Crippen LogP contribution in [0.3, 0.4) is 0 Å². The minimum absolute atomic E-state index is 0.0272. The molecule has 2 aromatic rings. The molecule has 1 amide bonds. The number of anilines is 1. The van der Waals surface area contributed by atoms with Crippen LogP contribution in [0.25, 0.3) is 0 Å². The summed E-state index contributed by atoms with van der Waals surface area (Å²) in [4.78, 5) is 12.1. The summed E-state index contributed by atoms with van der Waals surface area (Å²) in [6, 6.07) is 10.5. The molecular weight excluding hydrogens is 444 g/mol. The van der Waals surface area contributed by atoms with Crippen LogP contribution in [0.15, 0.2) is 47.4 Å². The summed E-state index contributed by atoms with van der Waals surface area (Å²) >= 11 is 0. The number of carbonyl (C=O) groups excluding carboxylic acids is 1. The number of ether oxygens (including phenoxy) is 2. The summed E-state index contributed by atoms with van der Waals surface area (Å²) in [5, 5.41) is 0.